The van der Waals surface area contributed by atoms with Crippen molar-refractivity contribution in [3.63, 3.8) is 0 Å². The molecular formula is C19H25F3N2O3. The van der Waals surface area contributed by atoms with Crippen LogP contribution in [0.1, 0.15) is 24.8 Å². The molecule has 1 spiro atoms. The number of hydrogen-bond donors (Lipinski definition) is 1. The van der Waals surface area contributed by atoms with E-state index >= 15 is 0 Å². The Kier molecular flexibility index (Phi) is 5.67. The van der Waals surface area contributed by atoms with Crippen molar-refractivity contribution in [1.82, 2.24) is 9.80 Å². The van der Waals surface area contributed by atoms with Gasteiger partial charge in [-0.05, 0) is 30.5 Å². The summed E-state index contributed by atoms with van der Waals surface area (Å²) < 4.78 is 47.7. The van der Waals surface area contributed by atoms with E-state index < -0.39 is 35.9 Å². The Morgan fingerprint density at radius 1 is 1.30 bits per heavy atom. The third-order valence-corrected chi connectivity index (χ3v) is 5.39. The molecule has 0 aliphatic carbocycles. The summed E-state index contributed by atoms with van der Waals surface area (Å²) in [6, 6.07) is 3.86. The van der Waals surface area contributed by atoms with Crippen molar-refractivity contribution in [1.29, 1.82) is 0 Å². The zero-order valence-corrected chi connectivity index (χ0v) is 15.4. The van der Waals surface area contributed by atoms with Crippen LogP contribution in [0, 0.1) is 11.2 Å². The van der Waals surface area contributed by atoms with Gasteiger partial charge in [0.2, 0.25) is 5.91 Å². The summed E-state index contributed by atoms with van der Waals surface area (Å²) in [5.41, 5.74) is -0.638. The summed E-state index contributed by atoms with van der Waals surface area (Å²) in [6.07, 6.45) is 0.640. The van der Waals surface area contributed by atoms with Crippen molar-refractivity contribution >= 4 is 5.91 Å². The molecule has 27 heavy (non-hydrogen) atoms. The van der Waals surface area contributed by atoms with Crippen molar-refractivity contribution in [2.24, 2.45) is 5.41 Å². The van der Waals surface area contributed by atoms with Gasteiger partial charge in [-0.2, -0.15) is 0 Å². The van der Waals surface area contributed by atoms with Gasteiger partial charge in [-0.3, -0.25) is 9.69 Å². The smallest absolute Gasteiger partial charge is 0.261 e. The van der Waals surface area contributed by atoms with E-state index in [4.69, 9.17) is 4.74 Å². The molecule has 150 valence electrons. The second kappa shape index (κ2) is 7.67. The lowest BCUT2D eigenvalue weighted by molar-refractivity contribution is -0.170. The maximum atomic E-state index is 14.5. The molecule has 0 bridgehead atoms. The monoisotopic (exact) mass is 386 g/mol. The zero-order valence-electron chi connectivity index (χ0n) is 15.4. The van der Waals surface area contributed by atoms with Gasteiger partial charge in [0.25, 0.3) is 5.92 Å². The van der Waals surface area contributed by atoms with E-state index in [0.717, 1.165) is 6.07 Å². The van der Waals surface area contributed by atoms with Gasteiger partial charge in [-0.1, -0.05) is 6.07 Å². The molecule has 0 unspecified atom stereocenters. The van der Waals surface area contributed by atoms with Gasteiger partial charge in [-0.25, -0.2) is 13.2 Å². The molecule has 1 atom stereocenters. The summed E-state index contributed by atoms with van der Waals surface area (Å²) >= 11 is 0. The number of rotatable bonds is 5. The van der Waals surface area contributed by atoms with E-state index in [1.54, 1.807) is 4.90 Å². The molecule has 2 fully saturated rings. The van der Waals surface area contributed by atoms with E-state index in [0.29, 0.717) is 38.1 Å². The van der Waals surface area contributed by atoms with Crippen LogP contribution in [0.25, 0.3) is 0 Å². The molecule has 8 heteroatoms. The molecule has 2 heterocycles. The fourth-order valence-electron chi connectivity index (χ4n) is 4.31. The third kappa shape index (κ3) is 4.38. The molecule has 0 saturated carbocycles. The molecular weight excluding hydrogens is 361 g/mol. The van der Waals surface area contributed by atoms with Crippen LogP contribution in [-0.2, 0) is 16.1 Å². The van der Waals surface area contributed by atoms with Gasteiger partial charge in [-0.15, -0.1) is 0 Å². The van der Waals surface area contributed by atoms with Crippen LogP contribution in [0.2, 0.25) is 0 Å². The first-order valence-electron chi connectivity index (χ1n) is 9.11. The minimum atomic E-state index is -2.99. The number of ether oxygens (including phenoxy) is 1. The maximum Gasteiger partial charge on any atom is 0.261 e. The molecule has 1 N–H and O–H groups in total. The lowest BCUT2D eigenvalue weighted by Crippen LogP contribution is -2.61. The highest BCUT2D eigenvalue weighted by Crippen LogP contribution is 2.45. The second-order valence-electron chi connectivity index (χ2n) is 7.63. The Morgan fingerprint density at radius 3 is 2.78 bits per heavy atom. The lowest BCUT2D eigenvalue weighted by Gasteiger charge is -2.49. The highest BCUT2D eigenvalue weighted by atomic mass is 19.3. The van der Waals surface area contributed by atoms with Crippen LogP contribution in [0.4, 0.5) is 13.2 Å². The number of hydrogen-bond acceptors (Lipinski definition) is 4. The number of piperidine rings is 2. The van der Waals surface area contributed by atoms with E-state index in [2.05, 4.69) is 0 Å². The minimum absolute atomic E-state index is 0.0971. The van der Waals surface area contributed by atoms with E-state index in [1.807, 2.05) is 0 Å². The van der Waals surface area contributed by atoms with Crippen LogP contribution in [-0.4, -0.2) is 66.6 Å². The first kappa shape index (κ1) is 19.9. The number of carbonyl (C=O) groups excluding carboxylic acids is 1. The summed E-state index contributed by atoms with van der Waals surface area (Å²) in [6.45, 7) is 1.16. The first-order valence-corrected chi connectivity index (χ1v) is 9.11. The largest absolute Gasteiger partial charge is 0.505 e. The van der Waals surface area contributed by atoms with E-state index in [1.165, 1.54) is 24.1 Å². The van der Waals surface area contributed by atoms with E-state index in [9.17, 15) is 23.1 Å². The number of likely N-dealkylation sites (tertiary alicyclic amines) is 2. The van der Waals surface area contributed by atoms with Gasteiger partial charge in [0, 0.05) is 39.7 Å². The van der Waals surface area contributed by atoms with Crippen molar-refractivity contribution in [3.05, 3.63) is 29.6 Å². The summed E-state index contributed by atoms with van der Waals surface area (Å²) in [5, 5.41) is 9.30. The number of alkyl halides is 2. The summed E-state index contributed by atoms with van der Waals surface area (Å²) in [5.74, 6) is -4.50. The number of nitrogens with zero attached hydrogens (tertiary/aromatic N) is 2. The Morgan fingerprint density at radius 2 is 2.07 bits per heavy atom. The zero-order chi connectivity index (χ0) is 19.7. The topological polar surface area (TPSA) is 53.0 Å². The van der Waals surface area contributed by atoms with Crippen molar-refractivity contribution in [2.45, 2.75) is 31.7 Å². The van der Waals surface area contributed by atoms with E-state index in [-0.39, 0.29) is 19.0 Å². The minimum Gasteiger partial charge on any atom is -0.505 e. The highest BCUT2D eigenvalue weighted by molar-refractivity contribution is 5.84. The highest BCUT2D eigenvalue weighted by Gasteiger charge is 2.54. The fraction of sp³-hybridized carbons (Fsp3) is 0.632. The van der Waals surface area contributed by atoms with Crippen LogP contribution >= 0.6 is 0 Å². The van der Waals surface area contributed by atoms with Gasteiger partial charge in [0.1, 0.15) is 0 Å². The number of amides is 1. The normalized spacial score (nSPS) is 25.9. The molecule has 2 aliphatic rings. The Labute approximate surface area is 156 Å². The third-order valence-electron chi connectivity index (χ3n) is 5.39. The SMILES string of the molecule is COCCN1CCC[C@@]2(CN(Cc3ccc(O)c(F)c3)CC(F)(F)C2)C1=O. The molecule has 1 aromatic carbocycles. The summed E-state index contributed by atoms with van der Waals surface area (Å²) in [4.78, 5) is 16.1. The number of benzene rings is 1. The summed E-state index contributed by atoms with van der Waals surface area (Å²) in [7, 11) is 1.54. The van der Waals surface area contributed by atoms with Gasteiger partial charge in [0.15, 0.2) is 11.6 Å². The fourth-order valence-corrected chi connectivity index (χ4v) is 4.31. The molecule has 0 radical (unpaired) electrons. The van der Waals surface area contributed by atoms with Crippen LogP contribution in [0.3, 0.4) is 0 Å². The molecule has 5 nitrogen and oxygen atoms in total. The number of methoxy groups -OCH3 is 1. The second-order valence-corrected chi connectivity index (χ2v) is 7.63. The number of aromatic hydroxyl groups is 1. The number of phenols is 1. The first-order chi connectivity index (χ1) is 12.7. The number of halogens is 3. The van der Waals surface area contributed by atoms with Gasteiger partial charge in [0.05, 0.1) is 18.6 Å². The molecule has 0 aromatic heterocycles. The Bertz CT molecular complexity index is 701. The van der Waals surface area contributed by atoms with Gasteiger partial charge >= 0.3 is 0 Å². The van der Waals surface area contributed by atoms with Crippen molar-refractivity contribution in [2.75, 3.05) is 39.9 Å². The molecule has 1 aromatic rings. The Balaban J connectivity index is 1.79. The van der Waals surface area contributed by atoms with Gasteiger partial charge < -0.3 is 14.7 Å². The lowest BCUT2D eigenvalue weighted by atomic mass is 9.71. The quantitative estimate of drug-likeness (QED) is 0.845. The molecule has 2 saturated heterocycles. The predicted octanol–water partition coefficient (Wildman–Crippen LogP) is 2.63. The average Bonchev–Trinajstić information content (AvgIpc) is 2.58. The van der Waals surface area contributed by atoms with Crippen LogP contribution in [0.15, 0.2) is 18.2 Å². The standard InChI is InChI=1S/C19H25F3N2O3/c1-27-8-7-24-6-2-5-18(17(24)26)11-19(21,22)13-23(12-18)10-14-3-4-16(25)15(20)9-14/h3-4,9,25H,2,5-8,10-13H2,1H3/t18-/m1/s1. The number of phenolic OH excluding ortho intramolecular Hbond substituents is 1. The molecule has 2 aliphatic heterocycles. The van der Waals surface area contributed by atoms with Crippen molar-refractivity contribution in [3.8, 4) is 5.75 Å². The molecule has 3 rings (SSSR count). The predicted molar refractivity (Wildman–Crippen MR) is 93.0 cm³/mol. The molecule has 1 amide bonds. The van der Waals surface area contributed by atoms with Crippen LogP contribution in [0.5, 0.6) is 5.75 Å². The number of carbonyl (C=O) groups is 1. The van der Waals surface area contributed by atoms with Crippen molar-refractivity contribution < 1.29 is 27.8 Å². The Hall–Kier alpha value is -1.80. The van der Waals surface area contributed by atoms with Crippen LogP contribution < -0.4 is 0 Å². The maximum absolute atomic E-state index is 14.5. The average molecular weight is 386 g/mol.